The average Bonchev–Trinajstić information content (AvgIpc) is 2.38. The zero-order chi connectivity index (χ0) is 13.0. The molecular formula is C14H20N2O2. The van der Waals surface area contributed by atoms with Crippen molar-refractivity contribution < 1.29 is 9.53 Å². The Labute approximate surface area is 108 Å². The first-order valence-electron chi connectivity index (χ1n) is 6.42. The molecule has 0 bridgehead atoms. The lowest BCUT2D eigenvalue weighted by atomic mass is 9.96. The van der Waals surface area contributed by atoms with Gasteiger partial charge in [0, 0.05) is 18.3 Å². The lowest BCUT2D eigenvalue weighted by Crippen LogP contribution is -2.44. The molecule has 1 aliphatic heterocycles. The highest BCUT2D eigenvalue weighted by molar-refractivity contribution is 5.96. The van der Waals surface area contributed by atoms with Gasteiger partial charge in [0.25, 0.3) is 5.91 Å². The summed E-state index contributed by atoms with van der Waals surface area (Å²) < 4.78 is 5.24. The molecule has 1 atom stereocenters. The number of nitrogens with two attached hydrogens (primary N) is 1. The summed E-state index contributed by atoms with van der Waals surface area (Å²) in [7, 11) is 0. The Morgan fingerprint density at radius 3 is 3.06 bits per heavy atom. The largest absolute Gasteiger partial charge is 0.370 e. The normalized spacial score (nSPS) is 18.6. The van der Waals surface area contributed by atoms with Crippen molar-refractivity contribution >= 4 is 11.6 Å². The Hall–Kier alpha value is -1.39. The number of hydrogen-bond acceptors (Lipinski definition) is 3. The summed E-state index contributed by atoms with van der Waals surface area (Å²) in [4.78, 5) is 14.1. The number of amides is 1. The molecule has 2 N–H and O–H groups in total. The lowest BCUT2D eigenvalue weighted by molar-refractivity contribution is -0.123. The molecule has 0 radical (unpaired) electrons. The van der Waals surface area contributed by atoms with Gasteiger partial charge in [-0.05, 0) is 31.4 Å². The van der Waals surface area contributed by atoms with Crippen molar-refractivity contribution in [1.82, 2.24) is 0 Å². The van der Waals surface area contributed by atoms with Crippen molar-refractivity contribution in [3.8, 4) is 0 Å². The van der Waals surface area contributed by atoms with Gasteiger partial charge in [0.1, 0.15) is 6.61 Å². The van der Waals surface area contributed by atoms with E-state index in [9.17, 15) is 4.79 Å². The standard InChI is InChI=1S/C14H20N2O2/c1-11-6-7-12-4-2-3-5-13(12)16(11)14(17)10-18-9-8-15/h2-5,11H,6-10,15H2,1H3. The minimum absolute atomic E-state index is 0.0168. The van der Waals surface area contributed by atoms with Crippen LogP contribution in [0, 0.1) is 0 Å². The molecule has 1 unspecified atom stereocenters. The first kappa shape index (κ1) is 13.1. The smallest absolute Gasteiger partial charge is 0.253 e. The van der Waals surface area contributed by atoms with Crippen molar-refractivity contribution in [2.45, 2.75) is 25.8 Å². The van der Waals surface area contributed by atoms with Crippen LogP contribution in [0.5, 0.6) is 0 Å². The van der Waals surface area contributed by atoms with Crippen LogP contribution in [0.1, 0.15) is 18.9 Å². The van der Waals surface area contributed by atoms with E-state index in [1.165, 1.54) is 5.56 Å². The molecule has 0 spiro atoms. The van der Waals surface area contributed by atoms with E-state index in [4.69, 9.17) is 10.5 Å². The zero-order valence-corrected chi connectivity index (χ0v) is 10.8. The minimum atomic E-state index is 0.0168. The second-order valence-corrected chi connectivity index (χ2v) is 4.62. The number of ether oxygens (including phenoxy) is 1. The first-order valence-corrected chi connectivity index (χ1v) is 6.42. The number of nitrogens with zero attached hydrogens (tertiary/aromatic N) is 1. The molecule has 1 amide bonds. The molecule has 1 aliphatic rings. The fraction of sp³-hybridized carbons (Fsp3) is 0.500. The molecule has 1 aromatic carbocycles. The molecule has 0 aromatic heterocycles. The summed E-state index contributed by atoms with van der Waals surface area (Å²) >= 11 is 0. The molecule has 0 saturated carbocycles. The maximum atomic E-state index is 12.2. The number of carbonyl (C=O) groups excluding carboxylic acids is 1. The summed E-state index contributed by atoms with van der Waals surface area (Å²) in [5, 5.41) is 0. The third-order valence-electron chi connectivity index (χ3n) is 3.28. The molecular weight excluding hydrogens is 228 g/mol. The first-order chi connectivity index (χ1) is 8.74. The van der Waals surface area contributed by atoms with Crippen molar-refractivity contribution in [3.63, 3.8) is 0 Å². The number of para-hydroxylation sites is 1. The molecule has 98 valence electrons. The number of aryl methyl sites for hydroxylation is 1. The predicted molar refractivity (Wildman–Crippen MR) is 71.6 cm³/mol. The van der Waals surface area contributed by atoms with Crippen LogP contribution in [-0.2, 0) is 16.0 Å². The number of rotatable bonds is 4. The van der Waals surface area contributed by atoms with Gasteiger partial charge in [-0.3, -0.25) is 4.79 Å². The number of hydrogen-bond donors (Lipinski definition) is 1. The van der Waals surface area contributed by atoms with E-state index in [0.717, 1.165) is 18.5 Å². The van der Waals surface area contributed by atoms with Gasteiger partial charge in [-0.15, -0.1) is 0 Å². The molecule has 4 nitrogen and oxygen atoms in total. The third-order valence-corrected chi connectivity index (χ3v) is 3.28. The Morgan fingerprint density at radius 1 is 1.50 bits per heavy atom. The molecule has 0 fully saturated rings. The van der Waals surface area contributed by atoms with Crippen LogP contribution in [0.4, 0.5) is 5.69 Å². The predicted octanol–water partition coefficient (Wildman–Crippen LogP) is 1.33. The minimum Gasteiger partial charge on any atom is -0.370 e. The molecule has 2 rings (SSSR count). The average molecular weight is 248 g/mol. The number of fused-ring (bicyclic) bond motifs is 1. The molecule has 4 heteroatoms. The van der Waals surface area contributed by atoms with E-state index in [1.54, 1.807) is 0 Å². The Kier molecular flexibility index (Phi) is 4.33. The Bertz CT molecular complexity index is 420. The van der Waals surface area contributed by atoms with E-state index in [0.29, 0.717) is 13.2 Å². The second-order valence-electron chi connectivity index (χ2n) is 4.62. The van der Waals surface area contributed by atoms with Crippen LogP contribution in [0.15, 0.2) is 24.3 Å². The topological polar surface area (TPSA) is 55.6 Å². The monoisotopic (exact) mass is 248 g/mol. The van der Waals surface area contributed by atoms with Crippen LogP contribution in [-0.4, -0.2) is 31.7 Å². The zero-order valence-electron chi connectivity index (χ0n) is 10.8. The highest BCUT2D eigenvalue weighted by Crippen LogP contribution is 2.30. The third kappa shape index (κ3) is 2.71. The van der Waals surface area contributed by atoms with Crippen molar-refractivity contribution in [1.29, 1.82) is 0 Å². The maximum Gasteiger partial charge on any atom is 0.253 e. The summed E-state index contributed by atoms with van der Waals surface area (Å²) in [6, 6.07) is 8.31. The fourth-order valence-electron chi connectivity index (χ4n) is 2.38. The molecule has 1 aromatic rings. The van der Waals surface area contributed by atoms with Gasteiger partial charge < -0.3 is 15.4 Å². The fourth-order valence-corrected chi connectivity index (χ4v) is 2.38. The molecule has 18 heavy (non-hydrogen) atoms. The quantitative estimate of drug-likeness (QED) is 0.818. The van der Waals surface area contributed by atoms with Crippen molar-refractivity contribution in [2.24, 2.45) is 5.73 Å². The van der Waals surface area contributed by atoms with Crippen LogP contribution in [0.25, 0.3) is 0 Å². The van der Waals surface area contributed by atoms with Crippen LogP contribution in [0.3, 0.4) is 0 Å². The van der Waals surface area contributed by atoms with E-state index < -0.39 is 0 Å². The van der Waals surface area contributed by atoms with Gasteiger partial charge in [0.15, 0.2) is 0 Å². The molecule has 1 heterocycles. The van der Waals surface area contributed by atoms with Crippen LogP contribution >= 0.6 is 0 Å². The van der Waals surface area contributed by atoms with Gasteiger partial charge in [-0.1, -0.05) is 18.2 Å². The molecule has 0 aliphatic carbocycles. The van der Waals surface area contributed by atoms with E-state index in [2.05, 4.69) is 13.0 Å². The van der Waals surface area contributed by atoms with Gasteiger partial charge in [0.2, 0.25) is 0 Å². The molecule has 0 saturated heterocycles. The Morgan fingerprint density at radius 2 is 2.28 bits per heavy atom. The van der Waals surface area contributed by atoms with Crippen LogP contribution in [0.2, 0.25) is 0 Å². The van der Waals surface area contributed by atoms with Gasteiger partial charge in [-0.25, -0.2) is 0 Å². The summed E-state index contributed by atoms with van der Waals surface area (Å²) in [6.45, 7) is 3.06. The van der Waals surface area contributed by atoms with E-state index >= 15 is 0 Å². The second kappa shape index (κ2) is 5.98. The van der Waals surface area contributed by atoms with Gasteiger partial charge in [0.05, 0.1) is 6.61 Å². The van der Waals surface area contributed by atoms with E-state index in [1.807, 2.05) is 23.1 Å². The Balaban J connectivity index is 2.13. The van der Waals surface area contributed by atoms with Crippen LogP contribution < -0.4 is 10.6 Å². The van der Waals surface area contributed by atoms with Crippen molar-refractivity contribution in [2.75, 3.05) is 24.7 Å². The van der Waals surface area contributed by atoms with E-state index in [-0.39, 0.29) is 18.6 Å². The SMILES string of the molecule is CC1CCc2ccccc2N1C(=O)COCCN. The lowest BCUT2D eigenvalue weighted by Gasteiger charge is -2.35. The summed E-state index contributed by atoms with van der Waals surface area (Å²) in [5.74, 6) is 0.0168. The number of carbonyl (C=O) groups is 1. The van der Waals surface area contributed by atoms with Gasteiger partial charge >= 0.3 is 0 Å². The highest BCUT2D eigenvalue weighted by atomic mass is 16.5. The summed E-state index contributed by atoms with van der Waals surface area (Å²) in [5.41, 5.74) is 7.61. The maximum absolute atomic E-state index is 12.2. The van der Waals surface area contributed by atoms with Crippen molar-refractivity contribution in [3.05, 3.63) is 29.8 Å². The van der Waals surface area contributed by atoms with Gasteiger partial charge in [-0.2, -0.15) is 0 Å². The highest BCUT2D eigenvalue weighted by Gasteiger charge is 2.27. The summed E-state index contributed by atoms with van der Waals surface area (Å²) in [6.07, 6.45) is 2.03. The number of anilines is 1. The number of benzene rings is 1.